The second-order valence-corrected chi connectivity index (χ2v) is 5.60. The van der Waals surface area contributed by atoms with E-state index in [2.05, 4.69) is 14.9 Å². The van der Waals surface area contributed by atoms with Crippen molar-refractivity contribution in [3.63, 3.8) is 0 Å². The Balaban J connectivity index is 1.77. The zero-order chi connectivity index (χ0) is 15.1. The first-order valence-corrected chi connectivity index (χ1v) is 8.19. The van der Waals surface area contributed by atoms with Crippen LogP contribution in [0.5, 0.6) is 0 Å². The number of hydrogen-bond acceptors (Lipinski definition) is 7. The molecule has 2 aliphatic heterocycles. The molecular formula is C13H21N3O4S. The number of carboxylic acids is 1. The fourth-order valence-corrected chi connectivity index (χ4v) is 2.58. The predicted octanol–water partition coefficient (Wildman–Crippen LogP) is 0.210. The van der Waals surface area contributed by atoms with E-state index < -0.39 is 11.9 Å². The van der Waals surface area contributed by atoms with Crippen molar-refractivity contribution >= 4 is 28.6 Å². The van der Waals surface area contributed by atoms with Gasteiger partial charge in [0.15, 0.2) is 5.17 Å². The number of thioether (sulfide) groups is 1. The molecule has 0 saturated carbocycles. The minimum Gasteiger partial charge on any atom is -0.481 e. The highest BCUT2D eigenvalue weighted by Crippen LogP contribution is 2.13. The van der Waals surface area contributed by atoms with Crippen molar-refractivity contribution in [1.82, 2.24) is 4.90 Å². The Morgan fingerprint density at radius 1 is 1.52 bits per heavy atom. The van der Waals surface area contributed by atoms with Gasteiger partial charge < -0.3 is 14.6 Å². The first kappa shape index (κ1) is 16.4. The number of carboxylic acid groups (broad SMARTS) is 1. The number of nitrogens with zero attached hydrogens (tertiary/aromatic N) is 3. The SMILES string of the molecule is CSC1=NCC(C(=O)O)C(COCCN2CCOCC2)=N1. The van der Waals surface area contributed by atoms with Crippen LogP contribution in [0.3, 0.4) is 0 Å². The van der Waals surface area contributed by atoms with Crippen molar-refractivity contribution in [2.45, 2.75) is 0 Å². The van der Waals surface area contributed by atoms with E-state index >= 15 is 0 Å². The summed E-state index contributed by atoms with van der Waals surface area (Å²) in [6, 6.07) is 0. The minimum atomic E-state index is -0.894. The van der Waals surface area contributed by atoms with Crippen LogP contribution in [0.25, 0.3) is 0 Å². The van der Waals surface area contributed by atoms with E-state index in [1.54, 1.807) is 0 Å². The van der Waals surface area contributed by atoms with E-state index in [0.717, 1.165) is 32.8 Å². The molecule has 0 spiro atoms. The fourth-order valence-electron chi connectivity index (χ4n) is 2.17. The van der Waals surface area contributed by atoms with Crippen LogP contribution in [0.1, 0.15) is 0 Å². The van der Waals surface area contributed by atoms with Gasteiger partial charge in [0.05, 0.1) is 38.7 Å². The topological polar surface area (TPSA) is 83.7 Å². The van der Waals surface area contributed by atoms with E-state index in [4.69, 9.17) is 9.47 Å². The lowest BCUT2D eigenvalue weighted by atomic mass is 10.0. The monoisotopic (exact) mass is 315 g/mol. The molecule has 1 unspecified atom stereocenters. The average Bonchev–Trinajstić information content (AvgIpc) is 2.52. The van der Waals surface area contributed by atoms with Crippen molar-refractivity contribution < 1.29 is 19.4 Å². The Morgan fingerprint density at radius 2 is 2.29 bits per heavy atom. The number of aliphatic carboxylic acids is 1. The molecule has 1 atom stereocenters. The van der Waals surface area contributed by atoms with Crippen LogP contribution in [0.4, 0.5) is 0 Å². The van der Waals surface area contributed by atoms with E-state index in [1.165, 1.54) is 11.8 Å². The van der Waals surface area contributed by atoms with Crippen molar-refractivity contribution in [3.05, 3.63) is 0 Å². The maximum atomic E-state index is 11.2. The molecule has 7 nitrogen and oxygen atoms in total. The number of hydrogen-bond donors (Lipinski definition) is 1. The van der Waals surface area contributed by atoms with Gasteiger partial charge in [-0.2, -0.15) is 0 Å². The third-order valence-corrected chi connectivity index (χ3v) is 4.02. The summed E-state index contributed by atoms with van der Waals surface area (Å²) in [4.78, 5) is 21.9. The van der Waals surface area contributed by atoms with E-state index in [-0.39, 0.29) is 13.2 Å². The van der Waals surface area contributed by atoms with Crippen molar-refractivity contribution in [2.24, 2.45) is 15.9 Å². The summed E-state index contributed by atoms with van der Waals surface area (Å²) in [5.74, 6) is -1.56. The molecule has 0 aromatic heterocycles. The molecule has 1 fully saturated rings. The summed E-state index contributed by atoms with van der Waals surface area (Å²) in [5.41, 5.74) is 0.559. The third kappa shape index (κ3) is 5.06. The maximum Gasteiger partial charge on any atom is 0.314 e. The standard InChI is InChI=1S/C13H21N3O4S/c1-21-13-14-8-10(12(17)18)11(15-13)9-20-7-4-16-2-5-19-6-3-16/h10H,2-9H2,1H3,(H,17,18). The van der Waals surface area contributed by atoms with Crippen LogP contribution in [0.15, 0.2) is 9.98 Å². The second kappa shape index (κ2) is 8.47. The van der Waals surface area contributed by atoms with Gasteiger partial charge in [-0.15, -0.1) is 0 Å². The molecule has 0 aliphatic carbocycles. The highest BCUT2D eigenvalue weighted by Gasteiger charge is 2.27. The molecule has 8 heteroatoms. The van der Waals surface area contributed by atoms with Gasteiger partial charge in [-0.25, -0.2) is 4.99 Å². The minimum absolute atomic E-state index is 0.247. The lowest BCUT2D eigenvalue weighted by Gasteiger charge is -2.26. The summed E-state index contributed by atoms with van der Waals surface area (Å²) in [6.45, 7) is 5.27. The smallest absolute Gasteiger partial charge is 0.314 e. The van der Waals surface area contributed by atoms with Gasteiger partial charge in [0.1, 0.15) is 5.92 Å². The highest BCUT2D eigenvalue weighted by atomic mass is 32.2. The number of amidine groups is 1. The summed E-state index contributed by atoms with van der Waals surface area (Å²) >= 11 is 1.42. The van der Waals surface area contributed by atoms with Crippen molar-refractivity contribution in [2.75, 3.05) is 58.9 Å². The zero-order valence-corrected chi connectivity index (χ0v) is 13.0. The molecule has 118 valence electrons. The van der Waals surface area contributed by atoms with Gasteiger partial charge in [-0.05, 0) is 6.26 Å². The first-order valence-electron chi connectivity index (χ1n) is 6.97. The summed E-state index contributed by atoms with van der Waals surface area (Å²) in [5, 5.41) is 9.82. The van der Waals surface area contributed by atoms with Gasteiger partial charge in [-0.1, -0.05) is 11.8 Å². The Hall–Kier alpha value is -0.960. The summed E-state index contributed by atoms with van der Waals surface area (Å²) in [7, 11) is 0. The number of ether oxygens (including phenoxy) is 2. The predicted molar refractivity (Wildman–Crippen MR) is 82.5 cm³/mol. The number of morpholine rings is 1. The molecule has 2 aliphatic rings. The van der Waals surface area contributed by atoms with Crippen LogP contribution in [0.2, 0.25) is 0 Å². The molecule has 1 N–H and O–H groups in total. The van der Waals surface area contributed by atoms with E-state index in [1.807, 2.05) is 6.26 Å². The molecule has 0 radical (unpaired) electrons. The van der Waals surface area contributed by atoms with Crippen LogP contribution in [0, 0.1) is 5.92 Å². The molecule has 2 heterocycles. The number of carbonyl (C=O) groups is 1. The Kier molecular flexibility index (Phi) is 6.62. The van der Waals surface area contributed by atoms with Gasteiger partial charge in [-0.3, -0.25) is 14.7 Å². The maximum absolute atomic E-state index is 11.2. The molecule has 0 amide bonds. The zero-order valence-electron chi connectivity index (χ0n) is 12.2. The normalized spacial score (nSPS) is 23.6. The van der Waals surface area contributed by atoms with Crippen molar-refractivity contribution in [3.8, 4) is 0 Å². The second-order valence-electron chi connectivity index (χ2n) is 4.83. The lowest BCUT2D eigenvalue weighted by molar-refractivity contribution is -0.139. The van der Waals surface area contributed by atoms with Crippen molar-refractivity contribution in [1.29, 1.82) is 0 Å². The van der Waals surface area contributed by atoms with Crippen LogP contribution in [-0.4, -0.2) is 85.7 Å². The van der Waals surface area contributed by atoms with E-state index in [0.29, 0.717) is 17.5 Å². The molecule has 0 aromatic rings. The molecular weight excluding hydrogens is 294 g/mol. The lowest BCUT2D eigenvalue weighted by Crippen LogP contribution is -2.39. The van der Waals surface area contributed by atoms with Crippen LogP contribution in [-0.2, 0) is 14.3 Å². The summed E-state index contributed by atoms with van der Waals surface area (Å²) in [6.07, 6.45) is 1.88. The highest BCUT2D eigenvalue weighted by molar-refractivity contribution is 8.13. The Bertz CT molecular complexity index is 422. The van der Waals surface area contributed by atoms with Crippen LogP contribution < -0.4 is 0 Å². The molecule has 2 rings (SSSR count). The molecule has 1 saturated heterocycles. The van der Waals surface area contributed by atoms with Crippen LogP contribution >= 0.6 is 11.8 Å². The molecule has 0 aromatic carbocycles. The average molecular weight is 315 g/mol. The summed E-state index contributed by atoms with van der Waals surface area (Å²) < 4.78 is 10.9. The quantitative estimate of drug-likeness (QED) is 0.706. The van der Waals surface area contributed by atoms with Gasteiger partial charge in [0.25, 0.3) is 0 Å². The number of aliphatic imine (C=N–C) groups is 2. The first-order chi connectivity index (χ1) is 10.2. The fraction of sp³-hybridized carbons (Fsp3) is 0.769. The van der Waals surface area contributed by atoms with Gasteiger partial charge in [0.2, 0.25) is 0 Å². The van der Waals surface area contributed by atoms with Gasteiger partial charge >= 0.3 is 5.97 Å². The largest absolute Gasteiger partial charge is 0.481 e. The van der Waals surface area contributed by atoms with E-state index in [9.17, 15) is 9.90 Å². The third-order valence-electron chi connectivity index (χ3n) is 3.44. The van der Waals surface area contributed by atoms with Gasteiger partial charge in [0, 0.05) is 19.6 Å². The Morgan fingerprint density at radius 3 is 2.95 bits per heavy atom. The Labute approximate surface area is 128 Å². The molecule has 21 heavy (non-hydrogen) atoms. The number of rotatable bonds is 6. The molecule has 0 bridgehead atoms.